The number of aromatic nitrogens is 2. The van der Waals surface area contributed by atoms with Crippen LogP contribution in [0, 0.1) is 0 Å². The summed E-state index contributed by atoms with van der Waals surface area (Å²) in [6.45, 7) is 0.562. The van der Waals surface area contributed by atoms with Crippen molar-refractivity contribution in [3.8, 4) is 0 Å². The second-order valence-electron chi connectivity index (χ2n) is 4.46. The summed E-state index contributed by atoms with van der Waals surface area (Å²) in [7, 11) is 0. The molecule has 7 heteroatoms. The molecule has 1 aliphatic rings. The minimum absolute atomic E-state index is 0.234. The number of nitrogens with zero attached hydrogens (tertiary/aromatic N) is 3. The first-order chi connectivity index (χ1) is 9.68. The Morgan fingerprint density at radius 2 is 2.20 bits per heavy atom. The largest absolute Gasteiger partial charge is 0.478 e. The first-order valence-electron chi connectivity index (χ1n) is 6.13. The van der Waals surface area contributed by atoms with Crippen LogP contribution in [0.15, 0.2) is 24.4 Å². The fourth-order valence-electron chi connectivity index (χ4n) is 2.43. The molecule has 1 aromatic heterocycles. The van der Waals surface area contributed by atoms with Gasteiger partial charge in [0.05, 0.1) is 23.5 Å². The molecule has 1 N–H and O–H groups in total. The van der Waals surface area contributed by atoms with Gasteiger partial charge in [-0.1, -0.05) is 6.07 Å². The van der Waals surface area contributed by atoms with Gasteiger partial charge in [0.25, 0.3) is 5.91 Å². The monoisotopic (exact) mass is 289 g/mol. The number of hydrogen-bond donors (Lipinski definition) is 1. The van der Waals surface area contributed by atoms with Crippen LogP contribution < -0.4 is 4.90 Å². The average Bonchev–Trinajstić information content (AvgIpc) is 2.99. The van der Waals surface area contributed by atoms with E-state index in [0.29, 0.717) is 29.9 Å². The van der Waals surface area contributed by atoms with E-state index in [9.17, 15) is 14.7 Å². The molecule has 1 aliphatic heterocycles. The smallest absolute Gasteiger partial charge is 0.336 e. The Labute approximate surface area is 119 Å². The fourth-order valence-corrected chi connectivity index (χ4v) is 2.84. The summed E-state index contributed by atoms with van der Waals surface area (Å²) in [5.41, 5.74) is 1.93. The normalized spacial score (nSPS) is 13.9. The molecule has 0 saturated heterocycles. The number of amides is 1. The average molecular weight is 289 g/mol. The van der Waals surface area contributed by atoms with Crippen LogP contribution in [-0.4, -0.2) is 32.3 Å². The third-order valence-corrected chi connectivity index (χ3v) is 3.78. The number of fused-ring (bicyclic) bond motifs is 1. The maximum Gasteiger partial charge on any atom is 0.336 e. The van der Waals surface area contributed by atoms with Crippen molar-refractivity contribution < 1.29 is 14.7 Å². The van der Waals surface area contributed by atoms with Gasteiger partial charge in [-0.05, 0) is 30.5 Å². The van der Waals surface area contributed by atoms with Gasteiger partial charge in [0, 0.05) is 12.2 Å². The molecule has 6 nitrogen and oxygen atoms in total. The summed E-state index contributed by atoms with van der Waals surface area (Å²) in [6, 6.07) is 5.01. The van der Waals surface area contributed by atoms with E-state index in [2.05, 4.69) is 8.75 Å². The first-order valence-corrected chi connectivity index (χ1v) is 6.86. The van der Waals surface area contributed by atoms with Crippen LogP contribution in [-0.2, 0) is 6.42 Å². The van der Waals surface area contributed by atoms with E-state index >= 15 is 0 Å². The molecule has 0 unspecified atom stereocenters. The standard InChI is InChI=1S/C13H11N3O3S/c17-12(10-7-14-20-15-10)16-6-2-4-8-9(13(18)19)3-1-5-11(8)16/h1,3,5,7H,2,4,6H2,(H,18,19). The van der Waals surface area contributed by atoms with Crippen molar-refractivity contribution in [2.45, 2.75) is 12.8 Å². The highest BCUT2D eigenvalue weighted by molar-refractivity contribution is 6.99. The van der Waals surface area contributed by atoms with Gasteiger partial charge in [-0.25, -0.2) is 4.79 Å². The van der Waals surface area contributed by atoms with Gasteiger partial charge in [-0.2, -0.15) is 8.75 Å². The number of hydrogen-bond acceptors (Lipinski definition) is 5. The third kappa shape index (κ3) is 2.05. The van der Waals surface area contributed by atoms with Crippen LogP contribution in [0.5, 0.6) is 0 Å². The van der Waals surface area contributed by atoms with Gasteiger partial charge < -0.3 is 10.0 Å². The van der Waals surface area contributed by atoms with E-state index < -0.39 is 5.97 Å². The number of rotatable bonds is 2. The van der Waals surface area contributed by atoms with Crippen LogP contribution in [0.4, 0.5) is 5.69 Å². The number of carbonyl (C=O) groups excluding carboxylic acids is 1. The number of benzene rings is 1. The van der Waals surface area contributed by atoms with E-state index in [1.54, 1.807) is 23.1 Å². The van der Waals surface area contributed by atoms with Crippen molar-refractivity contribution in [3.05, 3.63) is 41.2 Å². The molecule has 20 heavy (non-hydrogen) atoms. The van der Waals surface area contributed by atoms with Crippen molar-refractivity contribution in [1.29, 1.82) is 0 Å². The minimum Gasteiger partial charge on any atom is -0.478 e. The van der Waals surface area contributed by atoms with Gasteiger partial charge in [0.15, 0.2) is 5.69 Å². The molecule has 0 bridgehead atoms. The first kappa shape index (κ1) is 12.7. The summed E-state index contributed by atoms with van der Waals surface area (Å²) >= 11 is 0.980. The number of carboxylic acid groups (broad SMARTS) is 1. The fraction of sp³-hybridized carbons (Fsp3) is 0.231. The molecule has 0 atom stereocenters. The zero-order valence-electron chi connectivity index (χ0n) is 10.4. The van der Waals surface area contributed by atoms with Crippen LogP contribution in [0.2, 0.25) is 0 Å². The highest BCUT2D eigenvalue weighted by Crippen LogP contribution is 2.30. The van der Waals surface area contributed by atoms with Crippen LogP contribution >= 0.6 is 11.7 Å². The summed E-state index contributed by atoms with van der Waals surface area (Å²) in [5, 5.41) is 9.23. The van der Waals surface area contributed by atoms with Crippen molar-refractivity contribution in [2.24, 2.45) is 0 Å². The SMILES string of the molecule is O=C(O)c1cccc2c1CCCN2C(=O)c1cnsn1. The van der Waals surface area contributed by atoms with E-state index in [1.165, 1.54) is 6.20 Å². The summed E-state index contributed by atoms with van der Waals surface area (Å²) in [6.07, 6.45) is 2.83. The van der Waals surface area contributed by atoms with Crippen molar-refractivity contribution in [2.75, 3.05) is 11.4 Å². The van der Waals surface area contributed by atoms with Gasteiger partial charge >= 0.3 is 5.97 Å². The van der Waals surface area contributed by atoms with Crippen LogP contribution in [0.3, 0.4) is 0 Å². The molecule has 0 aliphatic carbocycles. The highest BCUT2D eigenvalue weighted by atomic mass is 32.1. The number of carbonyl (C=O) groups is 2. The topological polar surface area (TPSA) is 83.4 Å². The molecule has 0 fully saturated rings. The Morgan fingerprint density at radius 1 is 1.35 bits per heavy atom. The summed E-state index contributed by atoms with van der Waals surface area (Å²) < 4.78 is 7.77. The Balaban J connectivity index is 2.05. The second kappa shape index (κ2) is 5.01. The molecule has 0 radical (unpaired) electrons. The molecule has 3 rings (SSSR count). The van der Waals surface area contributed by atoms with Gasteiger partial charge in [0.1, 0.15) is 0 Å². The van der Waals surface area contributed by atoms with Gasteiger partial charge in [-0.3, -0.25) is 4.79 Å². The quantitative estimate of drug-likeness (QED) is 0.911. The maximum atomic E-state index is 12.4. The molecular formula is C13H11N3O3S. The Morgan fingerprint density at radius 3 is 2.90 bits per heavy atom. The molecule has 2 heterocycles. The number of carboxylic acids is 1. The molecule has 1 amide bonds. The lowest BCUT2D eigenvalue weighted by atomic mass is 9.96. The number of aromatic carboxylic acids is 1. The van der Waals surface area contributed by atoms with E-state index in [1.807, 2.05) is 0 Å². The van der Waals surface area contributed by atoms with Crippen molar-refractivity contribution in [1.82, 2.24) is 8.75 Å². The highest BCUT2D eigenvalue weighted by Gasteiger charge is 2.27. The number of anilines is 1. The molecule has 0 spiro atoms. The molecule has 2 aromatic rings. The Hall–Kier alpha value is -2.28. The van der Waals surface area contributed by atoms with E-state index in [-0.39, 0.29) is 11.5 Å². The summed E-state index contributed by atoms with van der Waals surface area (Å²) in [4.78, 5) is 25.2. The lowest BCUT2D eigenvalue weighted by Gasteiger charge is -2.29. The minimum atomic E-state index is -0.966. The van der Waals surface area contributed by atoms with Crippen molar-refractivity contribution >= 4 is 29.3 Å². The van der Waals surface area contributed by atoms with Gasteiger partial charge in [-0.15, -0.1) is 0 Å². The summed E-state index contributed by atoms with van der Waals surface area (Å²) in [5.74, 6) is -1.20. The molecule has 102 valence electrons. The zero-order chi connectivity index (χ0) is 14.1. The van der Waals surface area contributed by atoms with E-state index in [0.717, 1.165) is 18.1 Å². The lowest BCUT2D eigenvalue weighted by molar-refractivity contribution is 0.0695. The third-order valence-electron chi connectivity index (χ3n) is 3.31. The maximum absolute atomic E-state index is 12.4. The van der Waals surface area contributed by atoms with Gasteiger partial charge in [0.2, 0.25) is 0 Å². The van der Waals surface area contributed by atoms with E-state index in [4.69, 9.17) is 0 Å². The zero-order valence-corrected chi connectivity index (χ0v) is 11.3. The van der Waals surface area contributed by atoms with Crippen LogP contribution in [0.25, 0.3) is 0 Å². The predicted octanol–water partition coefficient (Wildman–Crippen LogP) is 1.83. The molecule has 0 saturated carbocycles. The Kier molecular flexibility index (Phi) is 3.19. The molecule has 1 aromatic carbocycles. The molecular weight excluding hydrogens is 278 g/mol. The van der Waals surface area contributed by atoms with Crippen molar-refractivity contribution in [3.63, 3.8) is 0 Å². The predicted molar refractivity (Wildman–Crippen MR) is 73.3 cm³/mol. The Bertz CT molecular complexity index is 670. The lowest BCUT2D eigenvalue weighted by Crippen LogP contribution is -2.36. The van der Waals surface area contributed by atoms with Crippen LogP contribution in [0.1, 0.15) is 32.8 Å². The second-order valence-corrected chi connectivity index (χ2v) is 5.02.